The van der Waals surface area contributed by atoms with Crippen molar-refractivity contribution in [3.8, 4) is 0 Å². The minimum Gasteiger partial charge on any atom is -0.349 e. The maximum atomic E-state index is 4.50. The number of nitrogens with zero attached hydrogens (tertiary/aromatic N) is 3. The minimum atomic E-state index is 0.480. The summed E-state index contributed by atoms with van der Waals surface area (Å²) in [6, 6.07) is 6.50. The van der Waals surface area contributed by atoms with Crippen LogP contribution in [0.3, 0.4) is 0 Å². The Morgan fingerprint density at radius 3 is 3.00 bits per heavy atom. The van der Waals surface area contributed by atoms with Crippen molar-refractivity contribution in [2.75, 3.05) is 25.5 Å². The minimum absolute atomic E-state index is 0.480. The summed E-state index contributed by atoms with van der Waals surface area (Å²) in [5, 5.41) is 4.39. The Morgan fingerprint density at radius 1 is 1.41 bits per heavy atom. The average molecular weight is 293 g/mol. The molecule has 17 heavy (non-hydrogen) atoms. The summed E-state index contributed by atoms with van der Waals surface area (Å²) in [5.74, 6) is 0.720. The lowest BCUT2D eigenvalue weighted by atomic mass is 10.1. The molecular weight excluding hydrogens is 280 g/mol. The molecule has 4 nitrogen and oxygen atoms in total. The molecule has 1 aliphatic heterocycles. The van der Waals surface area contributed by atoms with Crippen molar-refractivity contribution in [3.63, 3.8) is 0 Å². The molecule has 1 saturated heterocycles. The summed E-state index contributed by atoms with van der Waals surface area (Å²) < 4.78 is 1.05. The summed E-state index contributed by atoms with van der Waals surface area (Å²) in [7, 11) is 2.11. The van der Waals surface area contributed by atoms with Gasteiger partial charge in [0.25, 0.3) is 0 Å². The fraction of sp³-hybridized carbons (Fsp3) is 0.333. The lowest BCUT2D eigenvalue weighted by Crippen LogP contribution is -2.52. The van der Waals surface area contributed by atoms with E-state index in [-0.39, 0.29) is 0 Å². The predicted octanol–water partition coefficient (Wildman–Crippen LogP) is 2.12. The van der Waals surface area contributed by atoms with Gasteiger partial charge in [-0.2, -0.15) is 0 Å². The number of anilines is 1. The van der Waals surface area contributed by atoms with Crippen LogP contribution >= 0.6 is 15.9 Å². The highest BCUT2D eigenvalue weighted by atomic mass is 79.9. The molecule has 2 aromatic rings. The first kappa shape index (κ1) is 10.9. The van der Waals surface area contributed by atoms with Crippen molar-refractivity contribution in [2.24, 2.45) is 0 Å². The van der Waals surface area contributed by atoms with Gasteiger partial charge in [0.2, 0.25) is 5.95 Å². The maximum absolute atomic E-state index is 4.50. The van der Waals surface area contributed by atoms with Gasteiger partial charge in [0.15, 0.2) is 0 Å². The molecule has 0 atom stereocenters. The number of hydrogen-bond donors (Lipinski definition) is 1. The molecular formula is C12H13BrN4. The Bertz CT molecular complexity index is 551. The highest BCUT2D eigenvalue weighted by molar-refractivity contribution is 9.10. The van der Waals surface area contributed by atoms with Crippen LogP contribution in [-0.4, -0.2) is 41.0 Å². The van der Waals surface area contributed by atoms with Crippen LogP contribution in [0.5, 0.6) is 0 Å². The molecule has 1 aromatic carbocycles. The van der Waals surface area contributed by atoms with Crippen LogP contribution in [0.25, 0.3) is 10.9 Å². The molecule has 0 aliphatic carbocycles. The quantitative estimate of drug-likeness (QED) is 0.921. The van der Waals surface area contributed by atoms with Crippen molar-refractivity contribution < 1.29 is 0 Å². The number of hydrogen-bond acceptors (Lipinski definition) is 4. The van der Waals surface area contributed by atoms with E-state index in [1.807, 2.05) is 24.4 Å². The SMILES string of the molecule is CN1CC(Nc2ncc3cc(Br)ccc3n2)C1. The number of likely N-dealkylation sites (tertiary alicyclic amines) is 1. The Kier molecular flexibility index (Phi) is 2.72. The number of halogens is 1. The molecule has 0 unspecified atom stereocenters. The molecule has 88 valence electrons. The van der Waals surface area contributed by atoms with Crippen LogP contribution in [0.15, 0.2) is 28.9 Å². The number of benzene rings is 1. The van der Waals surface area contributed by atoms with Gasteiger partial charge in [-0.25, -0.2) is 9.97 Å². The Hall–Kier alpha value is -1.20. The lowest BCUT2D eigenvalue weighted by Gasteiger charge is -2.36. The number of rotatable bonds is 2. The van der Waals surface area contributed by atoms with Crippen molar-refractivity contribution in [2.45, 2.75) is 6.04 Å². The molecule has 1 fully saturated rings. The molecule has 0 spiro atoms. The largest absolute Gasteiger partial charge is 0.349 e. The van der Waals surface area contributed by atoms with Crippen LogP contribution < -0.4 is 5.32 Å². The van der Waals surface area contributed by atoms with Crippen LogP contribution in [0.4, 0.5) is 5.95 Å². The van der Waals surface area contributed by atoms with Gasteiger partial charge in [0.1, 0.15) is 0 Å². The molecule has 1 N–H and O–H groups in total. The number of aromatic nitrogens is 2. The summed E-state index contributed by atoms with van der Waals surface area (Å²) >= 11 is 3.44. The zero-order valence-corrected chi connectivity index (χ0v) is 11.1. The fourth-order valence-electron chi connectivity index (χ4n) is 2.05. The van der Waals surface area contributed by atoms with Gasteiger partial charge < -0.3 is 10.2 Å². The van der Waals surface area contributed by atoms with Gasteiger partial charge >= 0.3 is 0 Å². The number of nitrogens with one attached hydrogen (secondary N) is 1. The second-order valence-corrected chi connectivity index (χ2v) is 5.37. The summed E-state index contributed by atoms with van der Waals surface area (Å²) in [6.45, 7) is 2.11. The molecule has 2 heterocycles. The third kappa shape index (κ3) is 2.25. The zero-order valence-electron chi connectivity index (χ0n) is 9.52. The fourth-order valence-corrected chi connectivity index (χ4v) is 2.43. The summed E-state index contributed by atoms with van der Waals surface area (Å²) in [4.78, 5) is 11.1. The first-order chi connectivity index (χ1) is 8.20. The maximum Gasteiger partial charge on any atom is 0.223 e. The van der Waals surface area contributed by atoms with Crippen molar-refractivity contribution in [1.29, 1.82) is 0 Å². The first-order valence-electron chi connectivity index (χ1n) is 5.58. The van der Waals surface area contributed by atoms with E-state index in [1.54, 1.807) is 0 Å². The highest BCUT2D eigenvalue weighted by Crippen LogP contribution is 2.19. The van der Waals surface area contributed by atoms with Gasteiger partial charge in [0, 0.05) is 29.1 Å². The van der Waals surface area contributed by atoms with Gasteiger partial charge in [-0.05, 0) is 25.2 Å². The first-order valence-corrected chi connectivity index (χ1v) is 6.37. The van der Waals surface area contributed by atoms with Gasteiger partial charge in [0.05, 0.1) is 11.6 Å². The normalized spacial score (nSPS) is 17.1. The standard InChI is InChI=1S/C12H13BrN4/c1-17-6-10(7-17)15-12-14-5-8-4-9(13)2-3-11(8)16-12/h2-5,10H,6-7H2,1H3,(H,14,15,16). The van der Waals surface area contributed by atoms with E-state index in [1.165, 1.54) is 0 Å². The molecule has 0 bridgehead atoms. The van der Waals surface area contributed by atoms with E-state index in [0.29, 0.717) is 6.04 Å². The summed E-state index contributed by atoms with van der Waals surface area (Å²) in [6.07, 6.45) is 1.86. The monoisotopic (exact) mass is 292 g/mol. The highest BCUT2D eigenvalue weighted by Gasteiger charge is 2.23. The molecule has 3 rings (SSSR count). The van der Waals surface area contributed by atoms with Crippen LogP contribution in [0.2, 0.25) is 0 Å². The number of fused-ring (bicyclic) bond motifs is 1. The van der Waals surface area contributed by atoms with Crippen molar-refractivity contribution >= 4 is 32.8 Å². The van der Waals surface area contributed by atoms with Crippen molar-refractivity contribution in [1.82, 2.24) is 14.9 Å². The van der Waals surface area contributed by atoms with Crippen molar-refractivity contribution in [3.05, 3.63) is 28.9 Å². The Morgan fingerprint density at radius 2 is 2.24 bits per heavy atom. The van der Waals surface area contributed by atoms with Gasteiger partial charge in [-0.1, -0.05) is 15.9 Å². The van der Waals surface area contributed by atoms with E-state index in [4.69, 9.17) is 0 Å². The van der Waals surface area contributed by atoms with E-state index in [0.717, 1.165) is 34.4 Å². The van der Waals surface area contributed by atoms with Gasteiger partial charge in [-0.15, -0.1) is 0 Å². The number of likely N-dealkylation sites (N-methyl/N-ethyl adjacent to an activating group) is 1. The zero-order chi connectivity index (χ0) is 11.8. The lowest BCUT2D eigenvalue weighted by molar-refractivity contribution is 0.204. The average Bonchev–Trinajstić information content (AvgIpc) is 2.27. The topological polar surface area (TPSA) is 41.0 Å². The predicted molar refractivity (Wildman–Crippen MR) is 72.1 cm³/mol. The van der Waals surface area contributed by atoms with Gasteiger partial charge in [-0.3, -0.25) is 0 Å². The molecule has 1 aliphatic rings. The van der Waals surface area contributed by atoms with Crippen LogP contribution in [0.1, 0.15) is 0 Å². The third-order valence-electron chi connectivity index (χ3n) is 2.94. The summed E-state index contributed by atoms with van der Waals surface area (Å²) in [5.41, 5.74) is 0.971. The molecule has 0 radical (unpaired) electrons. The van der Waals surface area contributed by atoms with E-state index in [2.05, 4.69) is 43.2 Å². The second kappa shape index (κ2) is 4.23. The molecule has 5 heteroatoms. The van der Waals surface area contributed by atoms with E-state index < -0.39 is 0 Å². The van der Waals surface area contributed by atoms with E-state index >= 15 is 0 Å². The Balaban J connectivity index is 1.84. The molecule has 0 saturated carbocycles. The van der Waals surface area contributed by atoms with Crippen LogP contribution in [-0.2, 0) is 0 Å². The molecule has 1 aromatic heterocycles. The van der Waals surface area contributed by atoms with E-state index in [9.17, 15) is 0 Å². The Labute approximate surface area is 108 Å². The smallest absolute Gasteiger partial charge is 0.223 e. The third-order valence-corrected chi connectivity index (χ3v) is 3.43. The molecule has 0 amide bonds. The van der Waals surface area contributed by atoms with Crippen LogP contribution in [0, 0.1) is 0 Å². The second-order valence-electron chi connectivity index (χ2n) is 4.46.